The lowest BCUT2D eigenvalue weighted by molar-refractivity contribution is -0.120. The van der Waals surface area contributed by atoms with Gasteiger partial charge in [-0.1, -0.05) is 42.8 Å². The van der Waals surface area contributed by atoms with Crippen molar-refractivity contribution in [3.8, 4) is 5.75 Å². The maximum Gasteiger partial charge on any atom is 0.241 e. The molecule has 4 nitrogen and oxygen atoms in total. The molecule has 0 saturated heterocycles. The van der Waals surface area contributed by atoms with Gasteiger partial charge in [0.05, 0.1) is 18.8 Å². The van der Waals surface area contributed by atoms with E-state index in [0.717, 1.165) is 6.42 Å². The van der Waals surface area contributed by atoms with Gasteiger partial charge in [-0.05, 0) is 49.7 Å². The zero-order chi connectivity index (χ0) is 18.4. The first-order valence-corrected chi connectivity index (χ1v) is 8.74. The molecule has 134 valence electrons. The van der Waals surface area contributed by atoms with E-state index < -0.39 is 0 Å². The molecule has 0 radical (unpaired) electrons. The summed E-state index contributed by atoms with van der Waals surface area (Å²) in [6.45, 7) is 4.72. The van der Waals surface area contributed by atoms with Gasteiger partial charge >= 0.3 is 0 Å². The summed E-state index contributed by atoms with van der Waals surface area (Å²) >= 11 is 6.01. The number of hydrogen-bond donors (Lipinski definition) is 1. The molecule has 0 bridgehead atoms. The number of aryl methyl sites for hydroxylation is 1. The van der Waals surface area contributed by atoms with Gasteiger partial charge in [0.1, 0.15) is 5.75 Å². The third-order valence-electron chi connectivity index (χ3n) is 4.32. The molecule has 0 fully saturated rings. The molecule has 2 rings (SSSR count). The van der Waals surface area contributed by atoms with Crippen LogP contribution in [-0.2, 0) is 17.8 Å². The predicted octanol–water partition coefficient (Wildman–Crippen LogP) is 4.37. The second-order valence-corrected chi connectivity index (χ2v) is 6.53. The van der Waals surface area contributed by atoms with Crippen LogP contribution in [-0.4, -0.2) is 31.0 Å². The number of nitrogens with zero attached hydrogens (tertiary/aromatic N) is 1. The fourth-order valence-electron chi connectivity index (χ4n) is 2.52. The Morgan fingerprint density at radius 1 is 1.20 bits per heavy atom. The van der Waals surface area contributed by atoms with Crippen molar-refractivity contribution in [3.63, 3.8) is 0 Å². The highest BCUT2D eigenvalue weighted by Crippen LogP contribution is 2.28. The van der Waals surface area contributed by atoms with Gasteiger partial charge in [0.25, 0.3) is 0 Å². The Hall–Kier alpha value is -2.04. The molecule has 1 amide bonds. The second kappa shape index (κ2) is 8.88. The highest BCUT2D eigenvalue weighted by molar-refractivity contribution is 6.31. The van der Waals surface area contributed by atoms with Gasteiger partial charge < -0.3 is 10.1 Å². The van der Waals surface area contributed by atoms with Crippen molar-refractivity contribution in [2.24, 2.45) is 0 Å². The maximum atomic E-state index is 12.6. The first-order chi connectivity index (χ1) is 11.9. The largest absolute Gasteiger partial charge is 0.495 e. The predicted molar refractivity (Wildman–Crippen MR) is 103 cm³/mol. The number of ether oxygens (including phenoxy) is 1. The van der Waals surface area contributed by atoms with Crippen molar-refractivity contribution >= 4 is 23.2 Å². The van der Waals surface area contributed by atoms with E-state index in [9.17, 15) is 4.79 Å². The van der Waals surface area contributed by atoms with Gasteiger partial charge in [0.15, 0.2) is 0 Å². The van der Waals surface area contributed by atoms with Gasteiger partial charge in [-0.15, -0.1) is 0 Å². The molecule has 0 aliphatic carbocycles. The summed E-state index contributed by atoms with van der Waals surface area (Å²) in [5, 5.41) is 3.45. The summed E-state index contributed by atoms with van der Waals surface area (Å²) in [6, 6.07) is 13.3. The van der Waals surface area contributed by atoms with Crippen molar-refractivity contribution < 1.29 is 9.53 Å². The zero-order valence-corrected chi connectivity index (χ0v) is 15.9. The van der Waals surface area contributed by atoms with Crippen LogP contribution in [0, 0.1) is 0 Å². The zero-order valence-electron chi connectivity index (χ0n) is 15.2. The maximum absolute atomic E-state index is 12.6. The van der Waals surface area contributed by atoms with Gasteiger partial charge in [-0.3, -0.25) is 9.69 Å². The van der Waals surface area contributed by atoms with Crippen molar-refractivity contribution in [1.82, 2.24) is 4.90 Å². The van der Waals surface area contributed by atoms with E-state index >= 15 is 0 Å². The van der Waals surface area contributed by atoms with Crippen LogP contribution in [0.2, 0.25) is 5.02 Å². The number of benzene rings is 2. The van der Waals surface area contributed by atoms with Crippen LogP contribution in [0.5, 0.6) is 5.75 Å². The Kier molecular flexibility index (Phi) is 6.85. The van der Waals surface area contributed by atoms with Crippen LogP contribution in [0.4, 0.5) is 5.69 Å². The Morgan fingerprint density at radius 3 is 2.44 bits per heavy atom. The minimum absolute atomic E-state index is 0.103. The molecule has 25 heavy (non-hydrogen) atoms. The van der Waals surface area contributed by atoms with E-state index in [1.807, 2.05) is 18.9 Å². The fourth-order valence-corrected chi connectivity index (χ4v) is 2.69. The third-order valence-corrected chi connectivity index (χ3v) is 4.56. The van der Waals surface area contributed by atoms with E-state index in [1.54, 1.807) is 25.3 Å². The molecule has 0 aliphatic heterocycles. The number of hydrogen-bond acceptors (Lipinski definition) is 3. The van der Waals surface area contributed by atoms with Crippen molar-refractivity contribution in [1.29, 1.82) is 0 Å². The number of rotatable bonds is 7. The summed E-state index contributed by atoms with van der Waals surface area (Å²) in [6.07, 6.45) is 1.02. The molecular weight excluding hydrogens is 336 g/mol. The Balaban J connectivity index is 2.02. The van der Waals surface area contributed by atoms with Crippen LogP contribution in [0.1, 0.15) is 25.0 Å². The van der Waals surface area contributed by atoms with E-state index in [-0.39, 0.29) is 11.9 Å². The minimum atomic E-state index is -0.297. The number of carbonyl (C=O) groups is 1. The Bertz CT molecular complexity index is 716. The summed E-state index contributed by atoms with van der Waals surface area (Å²) < 4.78 is 5.27. The number of anilines is 1. The highest BCUT2D eigenvalue weighted by atomic mass is 35.5. The van der Waals surface area contributed by atoms with Crippen LogP contribution < -0.4 is 10.1 Å². The molecular formula is C20H25ClN2O2. The van der Waals surface area contributed by atoms with Gasteiger partial charge in [-0.25, -0.2) is 0 Å². The Labute approximate surface area is 154 Å². The average Bonchev–Trinajstić information content (AvgIpc) is 2.61. The number of likely N-dealkylation sites (N-methyl/N-ethyl adjacent to an activating group) is 1. The molecule has 5 heteroatoms. The van der Waals surface area contributed by atoms with Crippen molar-refractivity contribution in [2.75, 3.05) is 19.5 Å². The molecule has 0 spiro atoms. The average molecular weight is 361 g/mol. The molecule has 0 aromatic heterocycles. The molecule has 1 atom stereocenters. The molecule has 1 unspecified atom stereocenters. The lowest BCUT2D eigenvalue weighted by Gasteiger charge is -2.24. The van der Waals surface area contributed by atoms with E-state index in [0.29, 0.717) is 23.0 Å². The van der Waals surface area contributed by atoms with Gasteiger partial charge in [-0.2, -0.15) is 0 Å². The topological polar surface area (TPSA) is 41.6 Å². The number of amides is 1. The summed E-state index contributed by atoms with van der Waals surface area (Å²) in [7, 11) is 3.50. The number of nitrogens with one attached hydrogen (secondary N) is 1. The van der Waals surface area contributed by atoms with Gasteiger partial charge in [0, 0.05) is 11.6 Å². The lowest BCUT2D eigenvalue weighted by atomic mass is 10.1. The monoisotopic (exact) mass is 360 g/mol. The summed E-state index contributed by atoms with van der Waals surface area (Å²) in [5.41, 5.74) is 3.07. The Morgan fingerprint density at radius 2 is 1.84 bits per heavy atom. The molecule has 0 heterocycles. The third kappa shape index (κ3) is 5.21. The highest BCUT2D eigenvalue weighted by Gasteiger charge is 2.19. The molecule has 2 aromatic rings. The summed E-state index contributed by atoms with van der Waals surface area (Å²) in [4.78, 5) is 14.6. The molecule has 2 aromatic carbocycles. The molecule has 0 saturated carbocycles. The molecule has 0 aliphatic rings. The lowest BCUT2D eigenvalue weighted by Crippen LogP contribution is -2.39. The number of halogens is 1. The summed E-state index contributed by atoms with van der Waals surface area (Å²) in [5.74, 6) is 0.482. The molecule has 1 N–H and O–H groups in total. The SMILES string of the molecule is CCc1ccc(CN(C)C(C)C(=O)Nc2cc(Cl)ccc2OC)cc1. The van der Waals surface area contributed by atoms with Crippen molar-refractivity contribution in [2.45, 2.75) is 32.9 Å². The van der Waals surface area contributed by atoms with Crippen LogP contribution in [0.3, 0.4) is 0 Å². The van der Waals surface area contributed by atoms with E-state index in [4.69, 9.17) is 16.3 Å². The van der Waals surface area contributed by atoms with Crippen LogP contribution >= 0.6 is 11.6 Å². The minimum Gasteiger partial charge on any atom is -0.495 e. The van der Waals surface area contributed by atoms with Crippen molar-refractivity contribution in [3.05, 3.63) is 58.6 Å². The second-order valence-electron chi connectivity index (χ2n) is 6.09. The number of methoxy groups -OCH3 is 1. The first-order valence-electron chi connectivity index (χ1n) is 8.37. The van der Waals surface area contributed by atoms with E-state index in [2.05, 4.69) is 36.5 Å². The quantitative estimate of drug-likeness (QED) is 0.797. The van der Waals surface area contributed by atoms with Gasteiger partial charge in [0.2, 0.25) is 5.91 Å². The normalized spacial score (nSPS) is 12.1. The smallest absolute Gasteiger partial charge is 0.241 e. The first kappa shape index (κ1) is 19.3. The van der Waals surface area contributed by atoms with Crippen LogP contribution in [0.15, 0.2) is 42.5 Å². The standard InChI is InChI=1S/C20H25ClN2O2/c1-5-15-6-8-16(9-7-15)13-23(3)14(2)20(24)22-18-12-17(21)10-11-19(18)25-4/h6-12,14H,5,13H2,1-4H3,(H,22,24). The van der Waals surface area contributed by atoms with Crippen LogP contribution in [0.25, 0.3) is 0 Å². The van der Waals surface area contributed by atoms with E-state index in [1.165, 1.54) is 11.1 Å². The fraction of sp³-hybridized carbons (Fsp3) is 0.350. The number of carbonyl (C=O) groups excluding carboxylic acids is 1.